The maximum Gasteiger partial charge on any atom is 0.282 e. The van der Waals surface area contributed by atoms with E-state index < -0.39 is 33.1 Å². The summed E-state index contributed by atoms with van der Waals surface area (Å²) in [5.41, 5.74) is 0.435. The van der Waals surface area contributed by atoms with E-state index >= 15 is 4.39 Å². The quantitative estimate of drug-likeness (QED) is 0.264. The van der Waals surface area contributed by atoms with E-state index in [9.17, 15) is 22.4 Å². The van der Waals surface area contributed by atoms with Crippen molar-refractivity contribution in [2.45, 2.75) is 13.5 Å². The first-order valence-electron chi connectivity index (χ1n) is 12.3. The first-order valence-corrected chi connectivity index (χ1v) is 13.9. The first kappa shape index (κ1) is 27.2. The second-order valence-corrected chi connectivity index (χ2v) is 11.6. The summed E-state index contributed by atoms with van der Waals surface area (Å²) in [6.07, 6.45) is 2.92. The Balaban J connectivity index is 1.78. The lowest BCUT2D eigenvalue weighted by molar-refractivity contribution is 0.0974. The van der Waals surface area contributed by atoms with Gasteiger partial charge in [0.1, 0.15) is 17.3 Å². The van der Waals surface area contributed by atoms with Crippen LogP contribution in [0.25, 0.3) is 32.9 Å². The van der Waals surface area contributed by atoms with Crippen LogP contribution in [0, 0.1) is 18.6 Å². The molecule has 5 rings (SSSR count). The van der Waals surface area contributed by atoms with Crippen molar-refractivity contribution >= 4 is 37.7 Å². The highest BCUT2D eigenvalue weighted by molar-refractivity contribution is 7.90. The predicted octanol–water partition coefficient (Wildman–Crippen LogP) is 3.13. The van der Waals surface area contributed by atoms with Gasteiger partial charge in [-0.3, -0.25) is 14.7 Å². The largest absolute Gasteiger partial charge is 0.331 e. The zero-order valence-electron chi connectivity index (χ0n) is 21.9. The Morgan fingerprint density at radius 3 is 2.65 bits per heavy atom. The lowest BCUT2D eigenvalue weighted by Gasteiger charge is -2.15. The molecular formula is C27H26F2N6O4S. The van der Waals surface area contributed by atoms with Crippen molar-refractivity contribution in [1.29, 1.82) is 0 Å². The second kappa shape index (κ2) is 10.3. The zero-order valence-corrected chi connectivity index (χ0v) is 22.7. The van der Waals surface area contributed by atoms with E-state index in [1.54, 1.807) is 25.1 Å². The van der Waals surface area contributed by atoms with Crippen LogP contribution < -0.4 is 10.3 Å². The summed E-state index contributed by atoms with van der Waals surface area (Å²) >= 11 is 0. The van der Waals surface area contributed by atoms with E-state index in [0.717, 1.165) is 0 Å². The minimum atomic E-state index is -4.11. The summed E-state index contributed by atoms with van der Waals surface area (Å²) in [5, 5.41) is 7.53. The van der Waals surface area contributed by atoms with Crippen LogP contribution in [-0.2, 0) is 16.6 Å². The van der Waals surface area contributed by atoms with E-state index in [2.05, 4.69) is 19.9 Å². The molecule has 0 fully saturated rings. The van der Waals surface area contributed by atoms with Gasteiger partial charge in [0.05, 0.1) is 29.5 Å². The molecule has 0 bridgehead atoms. The number of amides is 1. The van der Waals surface area contributed by atoms with Crippen LogP contribution in [0.2, 0.25) is 0 Å². The number of aromatic nitrogens is 4. The SMILES string of the molecule is Cc1cc2c(-c3ccc[nH]c3=O)c(C(=O)NS(=O)(=O)CCN(C)C)n(Cc3cc4cn[nH]c4cc3F)c2cc1F. The fraction of sp³-hybridized carbons (Fsp3) is 0.222. The van der Waals surface area contributed by atoms with E-state index in [4.69, 9.17) is 0 Å². The van der Waals surface area contributed by atoms with Crippen LogP contribution in [-0.4, -0.2) is 65.4 Å². The summed E-state index contributed by atoms with van der Waals surface area (Å²) in [6, 6.07) is 8.49. The molecule has 3 aromatic heterocycles. The van der Waals surface area contributed by atoms with E-state index in [1.165, 1.54) is 54.2 Å². The van der Waals surface area contributed by atoms with Crippen molar-refractivity contribution in [3.8, 4) is 11.1 Å². The molecule has 0 radical (unpaired) electrons. The number of benzene rings is 2. The standard InChI is InChI=1S/C27H26F2N6O4S/c1-15-9-19-23(12-20(15)28)35(14-17-10-16-13-31-32-22(16)11-21(17)29)25(24(19)18-5-4-6-30-26(18)36)27(37)33-40(38,39)8-7-34(2)3/h4-6,9-13H,7-8,14H2,1-3H3,(H,30,36)(H,31,32)(H,33,37). The summed E-state index contributed by atoms with van der Waals surface area (Å²) in [7, 11) is -0.723. The molecule has 0 unspecified atom stereocenters. The fourth-order valence-corrected chi connectivity index (χ4v) is 5.70. The van der Waals surface area contributed by atoms with Crippen LogP contribution >= 0.6 is 0 Å². The summed E-state index contributed by atoms with van der Waals surface area (Å²) in [5.74, 6) is -2.60. The summed E-state index contributed by atoms with van der Waals surface area (Å²) < 4.78 is 59.2. The molecule has 40 heavy (non-hydrogen) atoms. The van der Waals surface area contributed by atoms with Gasteiger partial charge in [0, 0.05) is 40.2 Å². The van der Waals surface area contributed by atoms with Gasteiger partial charge in [0.2, 0.25) is 10.0 Å². The van der Waals surface area contributed by atoms with Crippen LogP contribution in [0.4, 0.5) is 8.78 Å². The summed E-state index contributed by atoms with van der Waals surface area (Å²) in [6.45, 7) is 1.41. The molecule has 0 aliphatic rings. The molecule has 208 valence electrons. The molecular weight excluding hydrogens is 542 g/mol. The number of sulfonamides is 1. The third kappa shape index (κ3) is 5.12. The smallest absolute Gasteiger partial charge is 0.282 e. The highest BCUT2D eigenvalue weighted by Gasteiger charge is 2.29. The number of hydrogen-bond donors (Lipinski definition) is 3. The third-order valence-corrected chi connectivity index (χ3v) is 7.85. The number of carbonyl (C=O) groups excluding carboxylic acids is 1. The molecule has 13 heteroatoms. The molecule has 1 amide bonds. The molecule has 3 heterocycles. The molecule has 2 aromatic carbocycles. The van der Waals surface area contributed by atoms with Gasteiger partial charge in [-0.2, -0.15) is 5.10 Å². The Kier molecular flexibility index (Phi) is 7.02. The minimum Gasteiger partial charge on any atom is -0.331 e. The molecule has 0 atom stereocenters. The van der Waals surface area contributed by atoms with Gasteiger partial charge in [-0.05, 0) is 63.0 Å². The number of hydrogen-bond acceptors (Lipinski definition) is 6. The van der Waals surface area contributed by atoms with Crippen LogP contribution in [0.5, 0.6) is 0 Å². The maximum atomic E-state index is 15.2. The number of carbonyl (C=O) groups is 1. The van der Waals surface area contributed by atoms with Crippen LogP contribution in [0.15, 0.2) is 53.6 Å². The van der Waals surface area contributed by atoms with Crippen molar-refractivity contribution in [2.75, 3.05) is 26.4 Å². The van der Waals surface area contributed by atoms with E-state index in [-0.39, 0.29) is 52.3 Å². The molecule has 0 aliphatic heterocycles. The maximum absolute atomic E-state index is 15.2. The predicted molar refractivity (Wildman–Crippen MR) is 148 cm³/mol. The number of nitrogens with one attached hydrogen (secondary N) is 3. The molecule has 0 saturated carbocycles. The van der Waals surface area contributed by atoms with Gasteiger partial charge in [-0.1, -0.05) is 0 Å². The number of nitrogens with zero attached hydrogens (tertiary/aromatic N) is 3. The number of H-pyrrole nitrogens is 2. The first-order chi connectivity index (χ1) is 18.9. The molecule has 3 N–H and O–H groups in total. The fourth-order valence-electron chi connectivity index (χ4n) is 4.62. The highest BCUT2D eigenvalue weighted by atomic mass is 32.2. The molecule has 5 aromatic rings. The van der Waals surface area contributed by atoms with Crippen molar-refractivity contribution in [3.05, 3.63) is 87.6 Å². The number of fused-ring (bicyclic) bond motifs is 2. The Bertz CT molecular complexity index is 1940. The minimum absolute atomic E-state index is 0.0684. The van der Waals surface area contributed by atoms with E-state index in [1.807, 2.05) is 0 Å². The van der Waals surface area contributed by atoms with E-state index in [0.29, 0.717) is 16.3 Å². The molecule has 0 spiro atoms. The van der Waals surface area contributed by atoms with Crippen molar-refractivity contribution < 1.29 is 22.0 Å². The summed E-state index contributed by atoms with van der Waals surface area (Å²) in [4.78, 5) is 30.9. The average molecular weight is 569 g/mol. The lowest BCUT2D eigenvalue weighted by atomic mass is 10.0. The Morgan fingerprint density at radius 2 is 1.93 bits per heavy atom. The highest BCUT2D eigenvalue weighted by Crippen LogP contribution is 2.36. The molecule has 0 aliphatic carbocycles. The molecule has 10 nitrogen and oxygen atoms in total. The Hall–Kier alpha value is -4.36. The van der Waals surface area contributed by atoms with Crippen molar-refractivity contribution in [3.63, 3.8) is 0 Å². The zero-order chi connectivity index (χ0) is 28.8. The number of pyridine rings is 1. The Labute approximate surface area is 227 Å². The van der Waals surface area contributed by atoms with Gasteiger partial charge in [0.15, 0.2) is 0 Å². The number of rotatable bonds is 8. The number of aromatic amines is 2. The van der Waals surface area contributed by atoms with Crippen molar-refractivity contribution in [2.24, 2.45) is 0 Å². The topological polar surface area (TPSA) is 133 Å². The lowest BCUT2D eigenvalue weighted by Crippen LogP contribution is -2.37. The molecule has 0 saturated heterocycles. The second-order valence-electron chi connectivity index (χ2n) is 9.80. The van der Waals surface area contributed by atoms with Crippen LogP contribution in [0.1, 0.15) is 21.6 Å². The van der Waals surface area contributed by atoms with Gasteiger partial charge < -0.3 is 14.5 Å². The van der Waals surface area contributed by atoms with Crippen molar-refractivity contribution in [1.82, 2.24) is 29.4 Å². The average Bonchev–Trinajstić information content (AvgIpc) is 3.45. The number of halogens is 2. The van der Waals surface area contributed by atoms with Gasteiger partial charge in [-0.15, -0.1) is 0 Å². The van der Waals surface area contributed by atoms with Gasteiger partial charge in [-0.25, -0.2) is 21.9 Å². The monoisotopic (exact) mass is 568 g/mol. The normalized spacial score (nSPS) is 12.1. The Morgan fingerprint density at radius 1 is 1.15 bits per heavy atom. The van der Waals surface area contributed by atoms with Gasteiger partial charge >= 0.3 is 0 Å². The third-order valence-electron chi connectivity index (χ3n) is 6.64. The van der Waals surface area contributed by atoms with Gasteiger partial charge in [0.25, 0.3) is 11.5 Å². The number of aryl methyl sites for hydroxylation is 1. The van der Waals surface area contributed by atoms with Crippen LogP contribution in [0.3, 0.4) is 0 Å².